The first-order chi connectivity index (χ1) is 8.74. The molecule has 96 valence electrons. The van der Waals surface area contributed by atoms with Gasteiger partial charge in [-0.3, -0.25) is 9.69 Å². The Morgan fingerprint density at radius 2 is 2.33 bits per heavy atom. The molecule has 3 rings (SSSR count). The van der Waals surface area contributed by atoms with Gasteiger partial charge in [-0.15, -0.1) is 0 Å². The number of pyridine rings is 1. The summed E-state index contributed by atoms with van der Waals surface area (Å²) in [4.78, 5) is 18.5. The predicted octanol–water partition coefficient (Wildman–Crippen LogP) is 0.630. The minimum Gasteiger partial charge on any atom is -0.384 e. The molecule has 2 aliphatic heterocycles. The Kier molecular flexibility index (Phi) is 2.91. The Morgan fingerprint density at radius 3 is 3.17 bits per heavy atom. The molecule has 5 heteroatoms. The maximum absolute atomic E-state index is 12.1. The molecule has 2 atom stereocenters. The van der Waals surface area contributed by atoms with Gasteiger partial charge in [0.1, 0.15) is 5.82 Å². The molecular formula is C13H18N4O. The van der Waals surface area contributed by atoms with Crippen molar-refractivity contribution < 1.29 is 4.79 Å². The largest absolute Gasteiger partial charge is 0.384 e. The van der Waals surface area contributed by atoms with Crippen molar-refractivity contribution in [2.45, 2.75) is 31.3 Å². The number of fused-ring (bicyclic) bond motifs is 1. The van der Waals surface area contributed by atoms with Crippen molar-refractivity contribution in [2.24, 2.45) is 0 Å². The lowest BCUT2D eigenvalue weighted by Crippen LogP contribution is -2.42. The number of nitrogens with one attached hydrogen (secondary N) is 1. The number of nitrogens with zero attached hydrogens (tertiary/aromatic N) is 2. The second-order valence-electron chi connectivity index (χ2n) is 5.08. The predicted molar refractivity (Wildman–Crippen MR) is 69.1 cm³/mol. The zero-order chi connectivity index (χ0) is 12.5. The van der Waals surface area contributed by atoms with E-state index < -0.39 is 0 Å². The van der Waals surface area contributed by atoms with Gasteiger partial charge in [0.2, 0.25) is 0 Å². The molecule has 2 aliphatic rings. The van der Waals surface area contributed by atoms with E-state index in [1.807, 2.05) is 0 Å². The highest BCUT2D eigenvalue weighted by Gasteiger charge is 2.37. The Hall–Kier alpha value is -1.62. The van der Waals surface area contributed by atoms with Crippen LogP contribution in [0.15, 0.2) is 18.3 Å². The summed E-state index contributed by atoms with van der Waals surface area (Å²) < 4.78 is 0. The van der Waals surface area contributed by atoms with E-state index in [0.29, 0.717) is 17.4 Å². The average molecular weight is 246 g/mol. The first kappa shape index (κ1) is 11.5. The number of rotatable bonds is 2. The third-order valence-corrected chi connectivity index (χ3v) is 3.97. The molecule has 1 aromatic rings. The summed E-state index contributed by atoms with van der Waals surface area (Å²) in [6, 6.07) is 4.14. The van der Waals surface area contributed by atoms with Crippen LogP contribution in [0, 0.1) is 0 Å². The molecule has 0 saturated carbocycles. The molecule has 0 radical (unpaired) electrons. The molecule has 1 amide bonds. The smallest absolute Gasteiger partial charge is 0.251 e. The highest BCUT2D eigenvalue weighted by Crippen LogP contribution is 2.28. The Labute approximate surface area is 106 Å². The number of carbonyl (C=O) groups excluding carboxylic acids is 1. The third kappa shape index (κ3) is 2.06. The highest BCUT2D eigenvalue weighted by molar-refractivity contribution is 5.94. The van der Waals surface area contributed by atoms with Gasteiger partial charge in [-0.2, -0.15) is 0 Å². The summed E-state index contributed by atoms with van der Waals surface area (Å²) in [5.41, 5.74) is 6.19. The lowest BCUT2D eigenvalue weighted by molar-refractivity contribution is 0.0929. The van der Waals surface area contributed by atoms with Crippen LogP contribution >= 0.6 is 0 Å². The number of aromatic nitrogens is 1. The Morgan fingerprint density at radius 1 is 1.44 bits per heavy atom. The van der Waals surface area contributed by atoms with E-state index in [1.54, 1.807) is 18.3 Å². The average Bonchev–Trinajstić information content (AvgIpc) is 2.94. The van der Waals surface area contributed by atoms with Gasteiger partial charge in [0.25, 0.3) is 5.91 Å². The van der Waals surface area contributed by atoms with Crippen LogP contribution < -0.4 is 11.1 Å². The fourth-order valence-electron chi connectivity index (χ4n) is 3.09. The van der Waals surface area contributed by atoms with Crippen molar-refractivity contribution >= 4 is 11.7 Å². The summed E-state index contributed by atoms with van der Waals surface area (Å²) in [7, 11) is 0. The molecule has 0 spiro atoms. The molecule has 3 heterocycles. The third-order valence-electron chi connectivity index (χ3n) is 3.97. The second-order valence-corrected chi connectivity index (χ2v) is 5.08. The van der Waals surface area contributed by atoms with Crippen molar-refractivity contribution in [3.63, 3.8) is 0 Å². The fourth-order valence-corrected chi connectivity index (χ4v) is 3.09. The van der Waals surface area contributed by atoms with E-state index in [9.17, 15) is 4.79 Å². The minimum atomic E-state index is -0.0390. The zero-order valence-corrected chi connectivity index (χ0v) is 10.3. The standard InChI is InChI=1S/C13H18N4O/c14-12-8-9(3-5-15-12)13(18)16-10-4-7-17-6-1-2-11(10)17/h3,5,8,10-11H,1-2,4,6-7H2,(H2,14,15)(H,16,18). The van der Waals surface area contributed by atoms with Crippen molar-refractivity contribution in [3.8, 4) is 0 Å². The molecule has 18 heavy (non-hydrogen) atoms. The molecule has 3 N–H and O–H groups in total. The van der Waals surface area contributed by atoms with Gasteiger partial charge in [0.05, 0.1) is 0 Å². The minimum absolute atomic E-state index is 0.0390. The molecule has 2 unspecified atom stereocenters. The van der Waals surface area contributed by atoms with E-state index in [4.69, 9.17) is 5.73 Å². The van der Waals surface area contributed by atoms with Crippen LogP contribution in [0.5, 0.6) is 0 Å². The maximum Gasteiger partial charge on any atom is 0.251 e. The quantitative estimate of drug-likeness (QED) is 0.803. The number of nitrogens with two attached hydrogens (primary N) is 1. The number of hydrogen-bond donors (Lipinski definition) is 2. The van der Waals surface area contributed by atoms with Crippen LogP contribution in [0.25, 0.3) is 0 Å². The van der Waals surface area contributed by atoms with E-state index in [1.165, 1.54) is 19.4 Å². The molecule has 2 fully saturated rings. The lowest BCUT2D eigenvalue weighted by atomic mass is 10.1. The lowest BCUT2D eigenvalue weighted by Gasteiger charge is -2.21. The van der Waals surface area contributed by atoms with Gasteiger partial charge in [0.15, 0.2) is 0 Å². The highest BCUT2D eigenvalue weighted by atomic mass is 16.1. The topological polar surface area (TPSA) is 71.2 Å². The van der Waals surface area contributed by atoms with Crippen molar-refractivity contribution in [1.29, 1.82) is 0 Å². The number of anilines is 1. The zero-order valence-electron chi connectivity index (χ0n) is 10.3. The summed E-state index contributed by atoms with van der Waals surface area (Å²) in [5.74, 6) is 0.347. The SMILES string of the molecule is Nc1cc(C(=O)NC2CCN3CCCC23)ccn1. The fraction of sp³-hybridized carbons (Fsp3) is 0.538. The van der Waals surface area contributed by atoms with E-state index >= 15 is 0 Å². The molecule has 0 aromatic carbocycles. The van der Waals surface area contributed by atoms with E-state index in [0.717, 1.165) is 13.0 Å². The van der Waals surface area contributed by atoms with Gasteiger partial charge in [-0.25, -0.2) is 4.98 Å². The number of carbonyl (C=O) groups is 1. The van der Waals surface area contributed by atoms with Crippen LogP contribution in [0.1, 0.15) is 29.6 Å². The second kappa shape index (κ2) is 4.57. The monoisotopic (exact) mass is 246 g/mol. The van der Waals surface area contributed by atoms with Crippen molar-refractivity contribution in [3.05, 3.63) is 23.9 Å². The number of hydrogen-bond acceptors (Lipinski definition) is 4. The first-order valence-electron chi connectivity index (χ1n) is 6.50. The molecule has 0 bridgehead atoms. The normalized spacial score (nSPS) is 27.1. The van der Waals surface area contributed by atoms with Gasteiger partial charge in [0, 0.05) is 30.4 Å². The Balaban J connectivity index is 1.68. The summed E-state index contributed by atoms with van der Waals surface area (Å²) in [6.45, 7) is 2.29. The van der Waals surface area contributed by atoms with Gasteiger partial charge < -0.3 is 11.1 Å². The van der Waals surface area contributed by atoms with Gasteiger partial charge in [-0.1, -0.05) is 0 Å². The summed E-state index contributed by atoms with van der Waals surface area (Å²) in [5, 5.41) is 3.13. The van der Waals surface area contributed by atoms with Crippen LogP contribution in [0.3, 0.4) is 0 Å². The summed E-state index contributed by atoms with van der Waals surface area (Å²) in [6.07, 6.45) is 5.07. The molecule has 0 aliphatic carbocycles. The van der Waals surface area contributed by atoms with Crippen LogP contribution in [-0.2, 0) is 0 Å². The van der Waals surface area contributed by atoms with Crippen molar-refractivity contribution in [2.75, 3.05) is 18.8 Å². The van der Waals surface area contributed by atoms with Gasteiger partial charge >= 0.3 is 0 Å². The number of amides is 1. The van der Waals surface area contributed by atoms with Gasteiger partial charge in [-0.05, 0) is 37.9 Å². The van der Waals surface area contributed by atoms with Crippen molar-refractivity contribution in [1.82, 2.24) is 15.2 Å². The molecular weight excluding hydrogens is 228 g/mol. The van der Waals surface area contributed by atoms with E-state index in [-0.39, 0.29) is 11.9 Å². The maximum atomic E-state index is 12.1. The molecule has 2 saturated heterocycles. The van der Waals surface area contributed by atoms with Crippen LogP contribution in [-0.4, -0.2) is 41.0 Å². The van der Waals surface area contributed by atoms with Crippen LogP contribution in [0.2, 0.25) is 0 Å². The number of nitrogen functional groups attached to an aromatic ring is 1. The first-order valence-corrected chi connectivity index (χ1v) is 6.50. The molecule has 5 nitrogen and oxygen atoms in total. The molecule has 1 aromatic heterocycles. The van der Waals surface area contributed by atoms with Crippen LogP contribution in [0.4, 0.5) is 5.82 Å². The van der Waals surface area contributed by atoms with E-state index in [2.05, 4.69) is 15.2 Å². The summed E-state index contributed by atoms with van der Waals surface area (Å²) >= 11 is 0. The Bertz CT molecular complexity index is 462.